The minimum atomic E-state index is -1.50. The quantitative estimate of drug-likeness (QED) is 0.0566. The van der Waals surface area contributed by atoms with E-state index < -0.39 is 16.6 Å². The Morgan fingerprint density at radius 3 is 0.900 bits per heavy atom. The third kappa shape index (κ3) is 34.6. The van der Waals surface area contributed by atoms with Crippen molar-refractivity contribution in [2.75, 3.05) is 6.61 Å². The van der Waals surface area contributed by atoms with Crippen molar-refractivity contribution < 1.29 is 8.85 Å². The van der Waals surface area contributed by atoms with Gasteiger partial charge in [-0.15, -0.1) is 0 Å². The number of unbranched alkanes of at least 4 members (excludes halogenated alkanes) is 25. The molecule has 242 valence electrons. The molecule has 1 unspecified atom stereocenters. The Morgan fingerprint density at radius 2 is 0.650 bits per heavy atom. The molecule has 0 bridgehead atoms. The van der Waals surface area contributed by atoms with Gasteiger partial charge >= 0.3 is 0 Å². The zero-order valence-corrected chi connectivity index (χ0v) is 31.2. The van der Waals surface area contributed by atoms with Crippen LogP contribution in [0.5, 0.6) is 0 Å². The van der Waals surface area contributed by atoms with E-state index in [4.69, 9.17) is 8.85 Å². The molecule has 2 nitrogen and oxygen atoms in total. The Bertz CT molecular complexity index is 498. The van der Waals surface area contributed by atoms with Crippen LogP contribution in [-0.4, -0.2) is 29.3 Å². The monoisotopic (exact) mass is 599 g/mol. The Labute approximate surface area is 257 Å². The molecular weight excluding hydrogens is 521 g/mol. The highest BCUT2D eigenvalue weighted by Gasteiger charge is 2.23. The van der Waals surface area contributed by atoms with Gasteiger partial charge in [0, 0.05) is 0 Å². The zero-order chi connectivity index (χ0) is 29.8. The van der Waals surface area contributed by atoms with E-state index >= 15 is 0 Å². The molecule has 0 aromatic rings. The van der Waals surface area contributed by atoms with Crippen molar-refractivity contribution in [1.82, 2.24) is 0 Å². The Kier molecular flexibility index (Phi) is 28.4. The first-order valence-corrected chi connectivity index (χ1v) is 25.3. The molecular formula is C36H78O2Si2. The van der Waals surface area contributed by atoms with Gasteiger partial charge in [0.2, 0.25) is 0 Å². The normalized spacial score (nSPS) is 13.3. The molecule has 0 fully saturated rings. The van der Waals surface area contributed by atoms with Crippen molar-refractivity contribution in [1.29, 1.82) is 0 Å². The Morgan fingerprint density at radius 1 is 0.375 bits per heavy atom. The van der Waals surface area contributed by atoms with Gasteiger partial charge in [0.1, 0.15) is 0 Å². The van der Waals surface area contributed by atoms with Gasteiger partial charge in [-0.1, -0.05) is 174 Å². The minimum Gasteiger partial charge on any atom is -0.415 e. The van der Waals surface area contributed by atoms with Crippen LogP contribution in [0.1, 0.15) is 180 Å². The molecule has 0 saturated heterocycles. The van der Waals surface area contributed by atoms with Crippen molar-refractivity contribution in [2.45, 2.75) is 226 Å². The molecule has 0 rings (SSSR count). The van der Waals surface area contributed by atoms with Crippen LogP contribution in [0.25, 0.3) is 0 Å². The maximum Gasteiger partial charge on any atom is 0.184 e. The second-order valence-electron chi connectivity index (χ2n) is 14.9. The summed E-state index contributed by atoms with van der Waals surface area (Å²) in [6.45, 7) is 16.8. The molecule has 0 aliphatic heterocycles. The smallest absolute Gasteiger partial charge is 0.184 e. The molecule has 0 spiro atoms. The average molecular weight is 599 g/mol. The first-order valence-electron chi connectivity index (χ1n) is 18.5. The van der Waals surface area contributed by atoms with Crippen LogP contribution in [0, 0.1) is 0 Å². The highest BCUT2D eigenvalue weighted by Crippen LogP contribution is 2.18. The van der Waals surface area contributed by atoms with Crippen molar-refractivity contribution in [2.24, 2.45) is 0 Å². The predicted octanol–water partition coefficient (Wildman–Crippen LogP) is 13.6. The first kappa shape index (κ1) is 40.4. The van der Waals surface area contributed by atoms with Crippen molar-refractivity contribution in [3.05, 3.63) is 0 Å². The molecule has 40 heavy (non-hydrogen) atoms. The lowest BCUT2D eigenvalue weighted by atomic mass is 10.0. The van der Waals surface area contributed by atoms with Gasteiger partial charge in [0.15, 0.2) is 16.6 Å². The minimum absolute atomic E-state index is 0.313. The third-order valence-corrected chi connectivity index (χ3v) is 10.2. The highest BCUT2D eigenvalue weighted by atomic mass is 28.4. The van der Waals surface area contributed by atoms with Gasteiger partial charge in [-0.25, -0.2) is 0 Å². The second-order valence-corrected chi connectivity index (χ2v) is 23.9. The lowest BCUT2D eigenvalue weighted by molar-refractivity contribution is 0.109. The van der Waals surface area contributed by atoms with Crippen LogP contribution in [0.2, 0.25) is 39.3 Å². The van der Waals surface area contributed by atoms with Crippen LogP contribution >= 0.6 is 0 Å². The summed E-state index contributed by atoms with van der Waals surface area (Å²) < 4.78 is 12.6. The topological polar surface area (TPSA) is 18.5 Å². The summed E-state index contributed by atoms with van der Waals surface area (Å²) >= 11 is 0. The Hall–Kier alpha value is 0.354. The molecule has 1 atom stereocenters. The summed E-state index contributed by atoms with van der Waals surface area (Å²) in [5.74, 6) is 0. The van der Waals surface area contributed by atoms with Crippen molar-refractivity contribution in [3.63, 3.8) is 0 Å². The standard InChI is InChI=1S/C36H78O2Si2/c1-8-9-10-11-12-13-14-15-16-17-18-19-20-21-22-23-24-25-26-27-28-29-30-31-32-33-34-36(38-40(5,6)7)35-37-39(2,3)4/h36H,8-35H2,1-7H3. The van der Waals surface area contributed by atoms with Crippen molar-refractivity contribution >= 4 is 16.6 Å². The second kappa shape index (κ2) is 28.1. The van der Waals surface area contributed by atoms with E-state index in [1.54, 1.807) is 0 Å². The van der Waals surface area contributed by atoms with Crippen LogP contribution in [-0.2, 0) is 8.85 Å². The largest absolute Gasteiger partial charge is 0.415 e. The summed E-state index contributed by atoms with van der Waals surface area (Å²) in [5, 5.41) is 0. The fourth-order valence-electron chi connectivity index (χ4n) is 5.71. The molecule has 0 aromatic heterocycles. The van der Waals surface area contributed by atoms with Gasteiger partial charge in [0.05, 0.1) is 12.7 Å². The summed E-state index contributed by atoms with van der Waals surface area (Å²) in [6.07, 6.45) is 39.2. The molecule has 0 aromatic carbocycles. The third-order valence-electron chi connectivity index (χ3n) is 8.10. The average Bonchev–Trinajstić information content (AvgIpc) is 2.88. The van der Waals surface area contributed by atoms with E-state index in [9.17, 15) is 0 Å². The molecule has 0 radical (unpaired) electrons. The van der Waals surface area contributed by atoms with Crippen LogP contribution in [0.15, 0.2) is 0 Å². The van der Waals surface area contributed by atoms with Crippen LogP contribution in [0.4, 0.5) is 0 Å². The summed E-state index contributed by atoms with van der Waals surface area (Å²) in [4.78, 5) is 0. The maximum atomic E-state index is 6.43. The molecule has 0 aliphatic carbocycles. The van der Waals surface area contributed by atoms with Gasteiger partial charge in [-0.3, -0.25) is 0 Å². The first-order chi connectivity index (χ1) is 19.1. The molecule has 0 amide bonds. The fourth-order valence-corrected chi connectivity index (χ4v) is 7.58. The molecule has 4 heteroatoms. The fraction of sp³-hybridized carbons (Fsp3) is 1.00. The van der Waals surface area contributed by atoms with E-state index in [0.29, 0.717) is 6.10 Å². The van der Waals surface area contributed by atoms with Gasteiger partial charge in [-0.05, 0) is 45.7 Å². The molecule has 0 saturated carbocycles. The van der Waals surface area contributed by atoms with E-state index in [-0.39, 0.29) is 0 Å². The molecule has 0 heterocycles. The molecule has 0 aliphatic rings. The molecule has 0 N–H and O–H groups in total. The highest BCUT2D eigenvalue weighted by molar-refractivity contribution is 6.70. The maximum absolute atomic E-state index is 6.43. The number of hydrogen-bond acceptors (Lipinski definition) is 2. The van der Waals surface area contributed by atoms with Crippen LogP contribution in [0.3, 0.4) is 0 Å². The van der Waals surface area contributed by atoms with Gasteiger partial charge in [-0.2, -0.15) is 0 Å². The van der Waals surface area contributed by atoms with E-state index in [1.807, 2.05) is 0 Å². The summed E-state index contributed by atoms with van der Waals surface area (Å²) in [7, 11) is -2.96. The van der Waals surface area contributed by atoms with E-state index in [2.05, 4.69) is 46.2 Å². The zero-order valence-electron chi connectivity index (χ0n) is 29.2. The van der Waals surface area contributed by atoms with Gasteiger partial charge < -0.3 is 8.85 Å². The SMILES string of the molecule is CCCCCCCCCCCCCCCCCCCCCCCCCCCCC(CO[Si](C)(C)C)O[Si](C)(C)C. The number of hydrogen-bond donors (Lipinski definition) is 0. The van der Waals surface area contributed by atoms with Crippen molar-refractivity contribution in [3.8, 4) is 0 Å². The van der Waals surface area contributed by atoms with E-state index in [1.165, 1.54) is 173 Å². The predicted molar refractivity (Wildman–Crippen MR) is 188 cm³/mol. The summed E-state index contributed by atoms with van der Waals surface area (Å²) in [6, 6.07) is 0. The lowest BCUT2D eigenvalue weighted by Crippen LogP contribution is -2.38. The summed E-state index contributed by atoms with van der Waals surface area (Å²) in [5.41, 5.74) is 0. The van der Waals surface area contributed by atoms with Gasteiger partial charge in [0.25, 0.3) is 0 Å². The van der Waals surface area contributed by atoms with E-state index in [0.717, 1.165) is 6.61 Å². The van der Waals surface area contributed by atoms with Crippen LogP contribution < -0.4 is 0 Å². The lowest BCUT2D eigenvalue weighted by Gasteiger charge is -2.29. The number of rotatable bonds is 32. The Balaban J connectivity index is 3.34.